The first-order chi connectivity index (χ1) is 12.1. The Kier molecular flexibility index (Phi) is 5.10. The Bertz CT molecular complexity index is 791. The van der Waals surface area contributed by atoms with Crippen molar-refractivity contribution >= 4 is 5.82 Å². The van der Waals surface area contributed by atoms with Crippen LogP contribution in [0.1, 0.15) is 18.2 Å². The highest BCUT2D eigenvalue weighted by atomic mass is 19.1. The van der Waals surface area contributed by atoms with Crippen molar-refractivity contribution < 1.29 is 9.13 Å². The predicted octanol–water partition coefficient (Wildman–Crippen LogP) is 2.21. The summed E-state index contributed by atoms with van der Waals surface area (Å²) in [6, 6.07) is 7.40. The van der Waals surface area contributed by atoms with E-state index in [1.807, 2.05) is 6.07 Å². The average Bonchev–Trinajstić information content (AvgIpc) is 2.63. The molecule has 1 aromatic carbocycles. The molecule has 1 saturated heterocycles. The van der Waals surface area contributed by atoms with E-state index in [2.05, 4.69) is 32.8 Å². The SMILES string of the molecule is COc1ccc(CN2CCN(c3nccnc3C#N)CC2C)cc1F. The van der Waals surface area contributed by atoms with Crippen LogP contribution in [0.3, 0.4) is 0 Å². The molecule has 1 atom stereocenters. The van der Waals surface area contributed by atoms with E-state index in [0.717, 1.165) is 25.2 Å². The molecule has 6 nitrogen and oxygen atoms in total. The highest BCUT2D eigenvalue weighted by Gasteiger charge is 2.26. The van der Waals surface area contributed by atoms with Gasteiger partial charge in [0, 0.05) is 44.6 Å². The third kappa shape index (κ3) is 3.69. The summed E-state index contributed by atoms with van der Waals surface area (Å²) < 4.78 is 18.8. The van der Waals surface area contributed by atoms with Crippen LogP contribution in [0.25, 0.3) is 0 Å². The van der Waals surface area contributed by atoms with Gasteiger partial charge in [0.05, 0.1) is 7.11 Å². The van der Waals surface area contributed by atoms with Gasteiger partial charge in [0.25, 0.3) is 0 Å². The molecular formula is C18H20FN5O. The lowest BCUT2D eigenvalue weighted by Crippen LogP contribution is -2.51. The molecule has 2 aromatic rings. The van der Waals surface area contributed by atoms with E-state index in [1.165, 1.54) is 19.4 Å². The minimum absolute atomic E-state index is 0.243. The minimum atomic E-state index is -0.343. The molecule has 25 heavy (non-hydrogen) atoms. The van der Waals surface area contributed by atoms with Crippen LogP contribution in [0.5, 0.6) is 5.75 Å². The van der Waals surface area contributed by atoms with Crippen LogP contribution in [0.4, 0.5) is 10.2 Å². The molecule has 1 unspecified atom stereocenters. The maximum absolute atomic E-state index is 13.9. The van der Waals surface area contributed by atoms with Crippen molar-refractivity contribution in [1.29, 1.82) is 5.26 Å². The standard InChI is InChI=1S/C18H20FN5O/c1-13-11-24(18-16(10-20)21-5-6-22-18)8-7-23(13)12-14-3-4-17(25-2)15(19)9-14/h3-6,9,13H,7-8,11-12H2,1-2H3. The second-order valence-electron chi connectivity index (χ2n) is 6.07. The number of nitrogens with zero attached hydrogens (tertiary/aromatic N) is 5. The van der Waals surface area contributed by atoms with E-state index in [4.69, 9.17) is 4.74 Å². The van der Waals surface area contributed by atoms with E-state index in [-0.39, 0.29) is 17.6 Å². The van der Waals surface area contributed by atoms with E-state index in [0.29, 0.717) is 18.1 Å². The summed E-state index contributed by atoms with van der Waals surface area (Å²) in [6.07, 6.45) is 3.13. The van der Waals surface area contributed by atoms with E-state index in [1.54, 1.807) is 12.3 Å². The van der Waals surface area contributed by atoms with Crippen molar-refractivity contribution in [3.63, 3.8) is 0 Å². The van der Waals surface area contributed by atoms with Gasteiger partial charge in [-0.05, 0) is 24.6 Å². The van der Waals surface area contributed by atoms with Crippen LogP contribution in [0, 0.1) is 17.1 Å². The molecule has 7 heteroatoms. The second kappa shape index (κ2) is 7.45. The van der Waals surface area contributed by atoms with E-state index >= 15 is 0 Å². The zero-order valence-corrected chi connectivity index (χ0v) is 14.3. The van der Waals surface area contributed by atoms with Gasteiger partial charge in [0.15, 0.2) is 23.1 Å². The van der Waals surface area contributed by atoms with Gasteiger partial charge in [0.1, 0.15) is 6.07 Å². The number of rotatable bonds is 4. The first-order valence-electron chi connectivity index (χ1n) is 8.15. The number of halogens is 1. The Labute approximate surface area is 146 Å². The maximum Gasteiger partial charge on any atom is 0.183 e. The summed E-state index contributed by atoms with van der Waals surface area (Å²) >= 11 is 0. The Morgan fingerprint density at radius 3 is 2.80 bits per heavy atom. The molecule has 0 saturated carbocycles. The number of benzene rings is 1. The third-order valence-electron chi connectivity index (χ3n) is 4.45. The first kappa shape index (κ1) is 17.1. The fourth-order valence-corrected chi connectivity index (χ4v) is 3.11. The van der Waals surface area contributed by atoms with E-state index < -0.39 is 0 Å². The average molecular weight is 341 g/mol. The summed E-state index contributed by atoms with van der Waals surface area (Å²) in [5, 5.41) is 9.20. The van der Waals surface area contributed by atoms with E-state index in [9.17, 15) is 9.65 Å². The largest absolute Gasteiger partial charge is 0.494 e. The molecule has 0 radical (unpaired) electrons. The highest BCUT2D eigenvalue weighted by molar-refractivity contribution is 5.50. The number of anilines is 1. The summed E-state index contributed by atoms with van der Waals surface area (Å²) in [5.74, 6) is 0.546. The summed E-state index contributed by atoms with van der Waals surface area (Å²) in [5.41, 5.74) is 1.26. The molecule has 0 spiro atoms. The van der Waals surface area contributed by atoms with Crippen molar-refractivity contribution in [3.05, 3.63) is 47.7 Å². The van der Waals surface area contributed by atoms with Gasteiger partial charge in [-0.3, -0.25) is 4.90 Å². The fourth-order valence-electron chi connectivity index (χ4n) is 3.11. The molecule has 1 aliphatic heterocycles. The summed E-state index contributed by atoms with van der Waals surface area (Å²) in [4.78, 5) is 12.8. The number of piperazine rings is 1. The molecule has 0 N–H and O–H groups in total. The molecule has 1 fully saturated rings. The summed E-state index contributed by atoms with van der Waals surface area (Å²) in [7, 11) is 1.46. The van der Waals surface area contributed by atoms with Gasteiger partial charge in [0.2, 0.25) is 0 Å². The lowest BCUT2D eigenvalue weighted by Gasteiger charge is -2.40. The van der Waals surface area contributed by atoms with Crippen molar-refractivity contribution in [2.75, 3.05) is 31.6 Å². The number of hydrogen-bond donors (Lipinski definition) is 0. The monoisotopic (exact) mass is 341 g/mol. The summed E-state index contributed by atoms with van der Waals surface area (Å²) in [6.45, 7) is 5.08. The van der Waals surface area contributed by atoms with Gasteiger partial charge < -0.3 is 9.64 Å². The van der Waals surface area contributed by atoms with Crippen LogP contribution in [0.2, 0.25) is 0 Å². The smallest absolute Gasteiger partial charge is 0.183 e. The van der Waals surface area contributed by atoms with Crippen molar-refractivity contribution in [3.8, 4) is 11.8 Å². The number of aromatic nitrogens is 2. The molecular weight excluding hydrogens is 321 g/mol. The molecule has 0 bridgehead atoms. The fraction of sp³-hybridized carbons (Fsp3) is 0.389. The second-order valence-corrected chi connectivity index (χ2v) is 6.07. The Morgan fingerprint density at radius 2 is 2.12 bits per heavy atom. The van der Waals surface area contributed by atoms with Crippen LogP contribution in [-0.2, 0) is 6.54 Å². The third-order valence-corrected chi connectivity index (χ3v) is 4.45. The maximum atomic E-state index is 13.9. The zero-order valence-electron chi connectivity index (χ0n) is 14.3. The number of methoxy groups -OCH3 is 1. The van der Waals surface area contributed by atoms with Gasteiger partial charge in [-0.2, -0.15) is 5.26 Å². The van der Waals surface area contributed by atoms with Crippen LogP contribution in [0.15, 0.2) is 30.6 Å². The molecule has 1 aromatic heterocycles. The zero-order chi connectivity index (χ0) is 17.8. The van der Waals surface area contributed by atoms with Gasteiger partial charge >= 0.3 is 0 Å². The molecule has 2 heterocycles. The number of ether oxygens (including phenoxy) is 1. The topological polar surface area (TPSA) is 65.3 Å². The lowest BCUT2D eigenvalue weighted by molar-refractivity contribution is 0.180. The van der Waals surface area contributed by atoms with Crippen LogP contribution >= 0.6 is 0 Å². The van der Waals surface area contributed by atoms with Crippen LogP contribution in [-0.4, -0.2) is 47.7 Å². The first-order valence-corrected chi connectivity index (χ1v) is 8.15. The highest BCUT2D eigenvalue weighted by Crippen LogP contribution is 2.22. The predicted molar refractivity (Wildman–Crippen MR) is 91.8 cm³/mol. The number of nitriles is 1. The lowest BCUT2D eigenvalue weighted by atomic mass is 10.1. The van der Waals surface area contributed by atoms with Crippen molar-refractivity contribution in [1.82, 2.24) is 14.9 Å². The van der Waals surface area contributed by atoms with Crippen molar-refractivity contribution in [2.24, 2.45) is 0 Å². The van der Waals surface area contributed by atoms with Gasteiger partial charge in [-0.25, -0.2) is 14.4 Å². The Hall–Kier alpha value is -2.72. The normalized spacial score (nSPS) is 18.0. The minimum Gasteiger partial charge on any atom is -0.494 e. The van der Waals surface area contributed by atoms with Crippen LogP contribution < -0.4 is 9.64 Å². The molecule has 0 amide bonds. The molecule has 130 valence electrons. The Morgan fingerprint density at radius 1 is 1.32 bits per heavy atom. The molecule has 3 rings (SSSR count). The van der Waals surface area contributed by atoms with Gasteiger partial charge in [-0.1, -0.05) is 6.07 Å². The molecule has 1 aliphatic rings. The van der Waals surface area contributed by atoms with Crippen molar-refractivity contribution in [2.45, 2.75) is 19.5 Å². The number of hydrogen-bond acceptors (Lipinski definition) is 6. The Balaban J connectivity index is 1.68. The quantitative estimate of drug-likeness (QED) is 0.849. The van der Waals surface area contributed by atoms with Gasteiger partial charge in [-0.15, -0.1) is 0 Å². The molecule has 0 aliphatic carbocycles.